The first kappa shape index (κ1) is 15.1. The molecule has 0 saturated heterocycles. The van der Waals surface area contributed by atoms with Crippen molar-refractivity contribution < 1.29 is 14.0 Å². The van der Waals surface area contributed by atoms with E-state index in [0.29, 0.717) is 10.2 Å². The van der Waals surface area contributed by atoms with Gasteiger partial charge in [0.25, 0.3) is 5.91 Å². The predicted octanol–water partition coefficient (Wildman–Crippen LogP) is 2.64. The number of carbonyl (C=O) groups excluding carboxylic acids is 2. The van der Waals surface area contributed by atoms with Crippen LogP contribution in [0.3, 0.4) is 0 Å². The van der Waals surface area contributed by atoms with Gasteiger partial charge in [-0.25, -0.2) is 9.37 Å². The number of primary amides is 1. The van der Waals surface area contributed by atoms with Gasteiger partial charge < -0.3 is 11.1 Å². The van der Waals surface area contributed by atoms with Crippen molar-refractivity contribution in [3.8, 4) is 0 Å². The van der Waals surface area contributed by atoms with E-state index in [9.17, 15) is 14.0 Å². The molecule has 0 spiro atoms. The molecule has 0 unspecified atom stereocenters. The van der Waals surface area contributed by atoms with Crippen LogP contribution in [0.2, 0.25) is 0 Å². The number of carbonyl (C=O) groups is 2. The lowest BCUT2D eigenvalue weighted by atomic mass is 10.1. The van der Waals surface area contributed by atoms with Crippen LogP contribution in [0.1, 0.15) is 26.3 Å². The van der Waals surface area contributed by atoms with Gasteiger partial charge in [-0.3, -0.25) is 9.59 Å². The maximum Gasteiger partial charge on any atom is 0.255 e. The largest absolute Gasteiger partial charge is 0.366 e. The molecular weight excluding hydrogens is 341 g/mol. The van der Waals surface area contributed by atoms with Crippen LogP contribution in [0, 0.1) is 12.7 Å². The Morgan fingerprint density at radius 2 is 2.00 bits per heavy atom. The van der Waals surface area contributed by atoms with Crippen molar-refractivity contribution in [2.75, 3.05) is 5.32 Å². The zero-order chi connectivity index (χ0) is 15.6. The lowest BCUT2D eigenvalue weighted by Gasteiger charge is -2.11. The average Bonchev–Trinajstić information content (AvgIpc) is 2.43. The molecule has 21 heavy (non-hydrogen) atoms. The summed E-state index contributed by atoms with van der Waals surface area (Å²) in [7, 11) is 0. The fourth-order valence-corrected chi connectivity index (χ4v) is 2.05. The summed E-state index contributed by atoms with van der Waals surface area (Å²) in [6.45, 7) is 1.50. The van der Waals surface area contributed by atoms with E-state index in [1.165, 1.54) is 31.3 Å². The number of nitrogens with one attached hydrogen (secondary N) is 1. The van der Waals surface area contributed by atoms with Gasteiger partial charge in [-0.05, 0) is 47.1 Å². The Labute approximate surface area is 128 Å². The van der Waals surface area contributed by atoms with Gasteiger partial charge in [0, 0.05) is 28.6 Å². The molecule has 1 aromatic heterocycles. The Hall–Kier alpha value is -2.28. The first-order valence-corrected chi connectivity index (χ1v) is 6.70. The van der Waals surface area contributed by atoms with Crippen LogP contribution in [-0.4, -0.2) is 16.8 Å². The Kier molecular flexibility index (Phi) is 4.32. The summed E-state index contributed by atoms with van der Waals surface area (Å²) in [5.41, 5.74) is 5.89. The van der Waals surface area contributed by atoms with Crippen LogP contribution < -0.4 is 11.1 Å². The number of rotatable bonds is 3. The number of hydrogen-bond donors (Lipinski definition) is 2. The molecule has 0 aliphatic rings. The van der Waals surface area contributed by atoms with Gasteiger partial charge in [0.2, 0.25) is 5.91 Å². The van der Waals surface area contributed by atoms with Crippen LogP contribution in [-0.2, 0) is 0 Å². The summed E-state index contributed by atoms with van der Waals surface area (Å²) in [5, 5.41) is 2.55. The van der Waals surface area contributed by atoms with Gasteiger partial charge in [-0.15, -0.1) is 0 Å². The Balaban J connectivity index is 2.35. The van der Waals surface area contributed by atoms with E-state index in [2.05, 4.69) is 26.2 Å². The Morgan fingerprint density at radius 3 is 2.62 bits per heavy atom. The average molecular weight is 352 g/mol. The number of aromatic nitrogens is 1. The van der Waals surface area contributed by atoms with E-state index in [0.717, 1.165) is 6.07 Å². The van der Waals surface area contributed by atoms with Gasteiger partial charge >= 0.3 is 0 Å². The number of nitrogens with zero attached hydrogens (tertiary/aromatic N) is 1. The monoisotopic (exact) mass is 351 g/mol. The first-order valence-electron chi connectivity index (χ1n) is 5.91. The molecule has 7 heteroatoms. The molecule has 0 saturated carbocycles. The molecule has 108 valence electrons. The molecule has 2 rings (SSSR count). The van der Waals surface area contributed by atoms with Gasteiger partial charge in [0.15, 0.2) is 0 Å². The normalized spacial score (nSPS) is 10.2. The smallest absolute Gasteiger partial charge is 0.255 e. The summed E-state index contributed by atoms with van der Waals surface area (Å²) in [6.07, 6.45) is 1.46. The summed E-state index contributed by atoms with van der Waals surface area (Å²) >= 11 is 3.16. The van der Waals surface area contributed by atoms with Crippen LogP contribution in [0.5, 0.6) is 0 Å². The molecule has 0 atom stereocenters. The number of hydrogen-bond acceptors (Lipinski definition) is 3. The predicted molar refractivity (Wildman–Crippen MR) is 79.5 cm³/mol. The van der Waals surface area contributed by atoms with Gasteiger partial charge in [-0.2, -0.15) is 0 Å². The fourth-order valence-electron chi connectivity index (χ4n) is 1.69. The number of nitrogens with two attached hydrogens (primary N) is 1. The van der Waals surface area contributed by atoms with Crippen molar-refractivity contribution in [1.82, 2.24) is 4.98 Å². The van der Waals surface area contributed by atoms with E-state index in [1.54, 1.807) is 0 Å². The molecule has 3 N–H and O–H groups in total. The zero-order valence-corrected chi connectivity index (χ0v) is 12.6. The SMILES string of the molecule is Cc1c(F)cc(C(N)=O)cc1NC(=O)c1ccnc(Br)c1. The van der Waals surface area contributed by atoms with Crippen LogP contribution in [0.25, 0.3) is 0 Å². The zero-order valence-electron chi connectivity index (χ0n) is 11.0. The lowest BCUT2D eigenvalue weighted by molar-refractivity contribution is 0.0995. The Bertz CT molecular complexity index is 734. The standard InChI is InChI=1S/C14H11BrFN3O2/c1-7-10(16)4-9(13(17)20)5-11(7)19-14(21)8-2-3-18-12(15)6-8/h2-6H,1H3,(H2,17,20)(H,19,21). The van der Waals surface area contributed by atoms with E-state index in [-0.39, 0.29) is 16.8 Å². The summed E-state index contributed by atoms with van der Waals surface area (Å²) in [5.74, 6) is -1.82. The molecule has 0 radical (unpaired) electrons. The Morgan fingerprint density at radius 1 is 1.29 bits per heavy atom. The summed E-state index contributed by atoms with van der Waals surface area (Å²) < 4.78 is 14.2. The molecule has 1 aromatic carbocycles. The maximum atomic E-state index is 13.7. The fraction of sp³-hybridized carbons (Fsp3) is 0.0714. The molecule has 0 fully saturated rings. The highest BCUT2D eigenvalue weighted by Gasteiger charge is 2.14. The summed E-state index contributed by atoms with van der Waals surface area (Å²) in [4.78, 5) is 27.2. The molecule has 0 bridgehead atoms. The van der Waals surface area contributed by atoms with Gasteiger partial charge in [0.1, 0.15) is 10.4 Å². The molecule has 1 heterocycles. The van der Waals surface area contributed by atoms with Crippen molar-refractivity contribution in [2.24, 2.45) is 5.73 Å². The maximum absolute atomic E-state index is 13.7. The second-order valence-corrected chi connectivity index (χ2v) is 5.13. The van der Waals surface area contributed by atoms with Crippen molar-refractivity contribution in [1.29, 1.82) is 0 Å². The van der Waals surface area contributed by atoms with Crippen molar-refractivity contribution >= 4 is 33.4 Å². The molecular formula is C14H11BrFN3O2. The lowest BCUT2D eigenvalue weighted by Crippen LogP contribution is -2.16. The molecule has 0 aliphatic heterocycles. The van der Waals surface area contributed by atoms with Crippen LogP contribution in [0.4, 0.5) is 10.1 Å². The molecule has 2 aromatic rings. The minimum atomic E-state index is -0.768. The third-order valence-corrected chi connectivity index (χ3v) is 3.30. The van der Waals surface area contributed by atoms with E-state index >= 15 is 0 Å². The highest BCUT2D eigenvalue weighted by molar-refractivity contribution is 9.10. The van der Waals surface area contributed by atoms with Crippen LogP contribution >= 0.6 is 15.9 Å². The highest BCUT2D eigenvalue weighted by Crippen LogP contribution is 2.21. The molecule has 0 aliphatic carbocycles. The molecule has 2 amide bonds. The van der Waals surface area contributed by atoms with Gasteiger partial charge in [-0.1, -0.05) is 0 Å². The minimum absolute atomic E-state index is 0.00990. The second kappa shape index (κ2) is 6.01. The second-order valence-electron chi connectivity index (χ2n) is 4.32. The number of benzene rings is 1. The minimum Gasteiger partial charge on any atom is -0.366 e. The quantitative estimate of drug-likeness (QED) is 0.833. The van der Waals surface area contributed by atoms with Crippen LogP contribution in [0.15, 0.2) is 35.1 Å². The van der Waals surface area contributed by atoms with E-state index in [4.69, 9.17) is 5.73 Å². The van der Waals surface area contributed by atoms with Crippen molar-refractivity contribution in [3.05, 3.63) is 57.6 Å². The van der Waals surface area contributed by atoms with Crippen molar-refractivity contribution in [2.45, 2.75) is 6.92 Å². The molecule has 5 nitrogen and oxygen atoms in total. The third-order valence-electron chi connectivity index (χ3n) is 2.87. The van der Waals surface area contributed by atoms with E-state index < -0.39 is 17.6 Å². The van der Waals surface area contributed by atoms with Gasteiger partial charge in [0.05, 0.1) is 0 Å². The van der Waals surface area contributed by atoms with Crippen molar-refractivity contribution in [3.63, 3.8) is 0 Å². The van der Waals surface area contributed by atoms with E-state index in [1.807, 2.05) is 0 Å². The number of amides is 2. The topological polar surface area (TPSA) is 85.1 Å². The summed E-state index contributed by atoms with van der Waals surface area (Å²) in [6, 6.07) is 5.42. The highest BCUT2D eigenvalue weighted by atomic mass is 79.9. The number of anilines is 1. The number of halogens is 2. The number of pyridine rings is 1. The first-order chi connectivity index (χ1) is 9.88. The third kappa shape index (κ3) is 3.43.